The molecular weight excluding hydrogens is 397 g/mol. The maximum atomic E-state index is 13.1. The van der Waals surface area contributed by atoms with Gasteiger partial charge in [-0.1, -0.05) is 11.6 Å². The molecule has 1 rings (SSSR count). The third kappa shape index (κ3) is 4.83. The summed E-state index contributed by atoms with van der Waals surface area (Å²) in [5, 5.41) is 2.76. The zero-order valence-electron chi connectivity index (χ0n) is 13.4. The molecule has 0 saturated carbocycles. The van der Waals surface area contributed by atoms with E-state index in [2.05, 4.69) is 5.10 Å². The van der Waals surface area contributed by atoms with Crippen molar-refractivity contribution in [2.75, 3.05) is 13.2 Å². The molecule has 0 bridgehead atoms. The summed E-state index contributed by atoms with van der Waals surface area (Å²) < 4.78 is 98.2. The normalized spacial score (nSPS) is 13.2. The lowest BCUT2D eigenvalue weighted by Gasteiger charge is -2.27. The quantitative estimate of drug-likeness (QED) is 0.288. The molecule has 0 amide bonds. The van der Waals surface area contributed by atoms with Crippen molar-refractivity contribution in [3.05, 3.63) is 22.7 Å². The van der Waals surface area contributed by atoms with Crippen LogP contribution in [-0.4, -0.2) is 37.6 Å². The summed E-state index contributed by atoms with van der Waals surface area (Å²) in [7, 11) is 0. The highest BCUT2D eigenvalue weighted by molar-refractivity contribution is 6.32. The molecule has 0 unspecified atom stereocenters. The van der Waals surface area contributed by atoms with Crippen LogP contribution in [0.15, 0.2) is 17.2 Å². The molecule has 0 saturated heterocycles. The van der Waals surface area contributed by atoms with Gasteiger partial charge in [0, 0.05) is 0 Å². The van der Waals surface area contributed by atoms with Crippen molar-refractivity contribution in [2.24, 2.45) is 5.10 Å². The smallest absolute Gasteiger partial charge is 0.462 e. The number of nitrogens with zero attached hydrogens (tertiary/aromatic N) is 1. The highest BCUT2D eigenvalue weighted by Crippen LogP contribution is 2.45. The Morgan fingerprint density at radius 2 is 1.62 bits per heavy atom. The minimum atomic E-state index is -6.45. The molecule has 0 aliphatic heterocycles. The average Bonchev–Trinajstić information content (AvgIpc) is 2.49. The molecule has 0 aromatic heterocycles. The summed E-state index contributed by atoms with van der Waals surface area (Å²) in [5.41, 5.74) is 0.516. The number of hydrazone groups is 1. The van der Waals surface area contributed by atoms with Crippen LogP contribution in [0.5, 0.6) is 11.5 Å². The minimum Gasteiger partial charge on any atom is -0.490 e. The first kappa shape index (κ1) is 22.1. The molecule has 1 N–H and O–H groups in total. The van der Waals surface area contributed by atoms with Crippen molar-refractivity contribution in [1.29, 1.82) is 0 Å². The Hall–Kier alpha value is -1.91. The SMILES string of the molecule is CCOc1cc(/C=N/NC(F)(F)C(F)(F)C(F)(F)F)cc(Cl)c1OCC. The molecule has 4 nitrogen and oxygen atoms in total. The first-order chi connectivity index (χ1) is 11.9. The second-order valence-corrected chi connectivity index (χ2v) is 5.12. The van der Waals surface area contributed by atoms with E-state index in [0.717, 1.165) is 0 Å². The van der Waals surface area contributed by atoms with Gasteiger partial charge in [0.2, 0.25) is 0 Å². The molecule has 0 heterocycles. The Bertz CT molecular complexity index is 651. The summed E-state index contributed by atoms with van der Waals surface area (Å²) in [4.78, 5) is 0. The Balaban J connectivity index is 3.05. The molecule has 0 aliphatic rings. The van der Waals surface area contributed by atoms with Crippen molar-refractivity contribution in [1.82, 2.24) is 5.43 Å². The average molecular weight is 411 g/mol. The van der Waals surface area contributed by atoms with Gasteiger partial charge in [-0.2, -0.15) is 35.8 Å². The highest BCUT2D eigenvalue weighted by Gasteiger charge is 2.73. The van der Waals surface area contributed by atoms with Crippen LogP contribution < -0.4 is 14.9 Å². The molecule has 0 radical (unpaired) electrons. The summed E-state index contributed by atoms with van der Waals surface area (Å²) in [5.74, 6) is -6.03. The predicted octanol–water partition coefficient (Wildman–Crippen LogP) is 4.85. The second-order valence-electron chi connectivity index (χ2n) is 4.71. The molecule has 0 aliphatic carbocycles. The third-order valence-electron chi connectivity index (χ3n) is 2.79. The van der Waals surface area contributed by atoms with Crippen LogP contribution in [0.1, 0.15) is 19.4 Å². The standard InChI is InChI=1S/C14H14ClF7N2O2/c1-3-25-10-6-8(5-9(15)11(10)26-4-2)7-23-24-14(21,22)12(16,17)13(18,19)20/h5-7,24H,3-4H2,1-2H3/b23-7+. The van der Waals surface area contributed by atoms with E-state index >= 15 is 0 Å². The Morgan fingerprint density at radius 3 is 2.12 bits per heavy atom. The number of hydrogen-bond donors (Lipinski definition) is 1. The van der Waals surface area contributed by atoms with Gasteiger partial charge in [0.25, 0.3) is 0 Å². The van der Waals surface area contributed by atoms with Gasteiger partial charge in [-0.15, -0.1) is 0 Å². The van der Waals surface area contributed by atoms with Crippen LogP contribution in [0.2, 0.25) is 5.02 Å². The van der Waals surface area contributed by atoms with Gasteiger partial charge in [-0.25, -0.2) is 5.43 Å². The Kier molecular flexibility index (Phi) is 6.97. The number of ether oxygens (including phenoxy) is 2. The first-order valence-corrected chi connectivity index (χ1v) is 7.46. The topological polar surface area (TPSA) is 42.8 Å². The molecular formula is C14H14ClF7N2O2. The van der Waals surface area contributed by atoms with Crippen LogP contribution in [0.3, 0.4) is 0 Å². The van der Waals surface area contributed by atoms with E-state index in [0.29, 0.717) is 11.6 Å². The van der Waals surface area contributed by atoms with Crippen LogP contribution in [0.4, 0.5) is 30.7 Å². The molecule has 148 valence electrons. The lowest BCUT2D eigenvalue weighted by molar-refractivity contribution is -0.361. The number of nitrogens with one attached hydrogen (secondary N) is 1. The minimum absolute atomic E-state index is 0.000489. The van der Waals surface area contributed by atoms with Crippen molar-refractivity contribution in [3.63, 3.8) is 0 Å². The maximum Gasteiger partial charge on any atom is 0.462 e. The van der Waals surface area contributed by atoms with E-state index < -0.39 is 18.1 Å². The summed E-state index contributed by atoms with van der Waals surface area (Å²) in [6, 6.07) is -3.23. The van der Waals surface area contributed by atoms with Gasteiger partial charge >= 0.3 is 18.1 Å². The lowest BCUT2D eigenvalue weighted by Crippen LogP contribution is -2.58. The van der Waals surface area contributed by atoms with Crippen molar-refractivity contribution >= 4 is 17.8 Å². The second kappa shape index (κ2) is 8.19. The molecule has 1 aromatic rings. The van der Waals surface area contributed by atoms with Crippen LogP contribution in [-0.2, 0) is 0 Å². The van der Waals surface area contributed by atoms with E-state index in [-0.39, 0.29) is 35.3 Å². The number of halogens is 8. The monoisotopic (exact) mass is 410 g/mol. The zero-order chi connectivity index (χ0) is 20.2. The molecule has 0 fully saturated rings. The highest BCUT2D eigenvalue weighted by atomic mass is 35.5. The van der Waals surface area contributed by atoms with Gasteiger partial charge in [0.05, 0.1) is 24.5 Å². The number of rotatable bonds is 8. The number of benzene rings is 1. The number of alkyl halides is 7. The van der Waals surface area contributed by atoms with Gasteiger partial charge in [-0.05, 0) is 31.5 Å². The van der Waals surface area contributed by atoms with Crippen LogP contribution >= 0.6 is 11.6 Å². The molecule has 12 heteroatoms. The molecule has 26 heavy (non-hydrogen) atoms. The number of hydrogen-bond acceptors (Lipinski definition) is 4. The van der Waals surface area contributed by atoms with E-state index in [9.17, 15) is 30.7 Å². The third-order valence-corrected chi connectivity index (χ3v) is 3.07. The first-order valence-electron chi connectivity index (χ1n) is 7.09. The van der Waals surface area contributed by atoms with Gasteiger partial charge in [0.15, 0.2) is 11.5 Å². The summed E-state index contributed by atoms with van der Waals surface area (Å²) >= 11 is 5.95. The van der Waals surface area contributed by atoms with E-state index in [4.69, 9.17) is 21.1 Å². The largest absolute Gasteiger partial charge is 0.490 e. The lowest BCUT2D eigenvalue weighted by atomic mass is 10.2. The van der Waals surface area contributed by atoms with Crippen LogP contribution in [0.25, 0.3) is 0 Å². The van der Waals surface area contributed by atoms with E-state index in [1.165, 1.54) is 12.1 Å². The fourth-order valence-electron chi connectivity index (χ4n) is 1.65. The van der Waals surface area contributed by atoms with Crippen molar-refractivity contribution in [2.45, 2.75) is 32.0 Å². The summed E-state index contributed by atoms with van der Waals surface area (Å²) in [6.45, 7) is 3.76. The van der Waals surface area contributed by atoms with Crippen molar-refractivity contribution in [3.8, 4) is 11.5 Å². The fourth-order valence-corrected chi connectivity index (χ4v) is 1.92. The molecule has 1 aromatic carbocycles. The summed E-state index contributed by atoms with van der Waals surface area (Å²) in [6.07, 6.45) is -5.87. The van der Waals surface area contributed by atoms with Gasteiger partial charge in [-0.3, -0.25) is 0 Å². The van der Waals surface area contributed by atoms with Crippen molar-refractivity contribution < 1.29 is 40.2 Å². The maximum absolute atomic E-state index is 13.1. The molecule has 0 atom stereocenters. The zero-order valence-corrected chi connectivity index (χ0v) is 14.2. The fraction of sp³-hybridized carbons (Fsp3) is 0.500. The Labute approximate surface area is 148 Å². The molecule has 0 spiro atoms. The van der Waals surface area contributed by atoms with E-state index in [1.54, 1.807) is 13.8 Å². The Morgan fingerprint density at radius 1 is 1.04 bits per heavy atom. The van der Waals surface area contributed by atoms with Gasteiger partial charge < -0.3 is 9.47 Å². The van der Waals surface area contributed by atoms with Gasteiger partial charge in [0.1, 0.15) is 0 Å². The van der Waals surface area contributed by atoms with Crippen LogP contribution in [0, 0.1) is 0 Å². The predicted molar refractivity (Wildman–Crippen MR) is 80.5 cm³/mol. The van der Waals surface area contributed by atoms with E-state index in [1.807, 2.05) is 0 Å².